The lowest BCUT2D eigenvalue weighted by molar-refractivity contribution is -0.144. The minimum absolute atomic E-state index is 0.0597. The van der Waals surface area contributed by atoms with Gasteiger partial charge < -0.3 is 42.0 Å². The van der Waals surface area contributed by atoms with E-state index in [0.717, 1.165) is 0 Å². The van der Waals surface area contributed by atoms with Crippen LogP contribution in [0.1, 0.15) is 12.1 Å². The monoisotopic (exact) mass is 460 g/mol. The average molecular weight is 460 g/mol. The van der Waals surface area contributed by atoms with Gasteiger partial charge in [0.2, 0.25) is 17.7 Å². The summed E-state index contributed by atoms with van der Waals surface area (Å²) >= 11 is 3.85. The summed E-state index contributed by atoms with van der Waals surface area (Å²) in [5, 5.41) is 33.7. The van der Waals surface area contributed by atoms with Crippen molar-refractivity contribution in [1.82, 2.24) is 25.9 Å². The number of carboxylic acids is 2. The van der Waals surface area contributed by atoms with Crippen molar-refractivity contribution in [2.45, 2.75) is 37.0 Å². The second kappa shape index (κ2) is 12.5. The number of carbonyl (C=O) groups is 5. The predicted octanol–water partition coefficient (Wildman–Crippen LogP) is -3.78. The number of aliphatic hydroxyl groups excluding tert-OH is 1. The van der Waals surface area contributed by atoms with Crippen molar-refractivity contribution in [3.8, 4) is 0 Å². The second-order valence-corrected chi connectivity index (χ2v) is 6.74. The number of carboxylic acid groups (broad SMARTS) is 2. The second-order valence-electron chi connectivity index (χ2n) is 6.37. The van der Waals surface area contributed by atoms with Gasteiger partial charge in [-0.05, 0) is 0 Å². The number of nitrogens with zero attached hydrogens (tertiary/aromatic N) is 1. The Morgan fingerprint density at radius 3 is 2.10 bits per heavy atom. The lowest BCUT2D eigenvalue weighted by Gasteiger charge is -2.24. The Hall–Kier alpha value is -3.17. The third-order valence-electron chi connectivity index (χ3n) is 3.95. The van der Waals surface area contributed by atoms with Crippen LogP contribution in [-0.2, 0) is 30.4 Å². The quantitative estimate of drug-likeness (QED) is 0.130. The molecule has 9 N–H and O–H groups in total. The highest BCUT2D eigenvalue weighted by Gasteiger charge is 2.31. The van der Waals surface area contributed by atoms with Crippen LogP contribution in [0.4, 0.5) is 0 Å². The normalized spacial score (nSPS) is 14.5. The van der Waals surface area contributed by atoms with Gasteiger partial charge in [-0.2, -0.15) is 12.6 Å². The Bertz CT molecular complexity index is 789. The highest BCUT2D eigenvalue weighted by Crippen LogP contribution is 2.03. The van der Waals surface area contributed by atoms with Gasteiger partial charge in [0.15, 0.2) is 0 Å². The van der Waals surface area contributed by atoms with E-state index < -0.39 is 66.9 Å². The number of aromatic amines is 1. The Morgan fingerprint density at radius 1 is 1.03 bits per heavy atom. The molecule has 1 heterocycles. The zero-order valence-corrected chi connectivity index (χ0v) is 17.0. The number of nitrogens with one attached hydrogen (secondary N) is 4. The highest BCUT2D eigenvalue weighted by atomic mass is 32.1. The first kappa shape index (κ1) is 25.9. The van der Waals surface area contributed by atoms with Crippen LogP contribution < -0.4 is 21.7 Å². The van der Waals surface area contributed by atoms with Gasteiger partial charge in [0.1, 0.15) is 18.1 Å². The fraction of sp³-hybridized carbons (Fsp3) is 0.500. The highest BCUT2D eigenvalue weighted by molar-refractivity contribution is 7.80. The molecule has 172 valence electrons. The predicted molar refractivity (Wildman–Crippen MR) is 107 cm³/mol. The minimum Gasteiger partial charge on any atom is -0.481 e. The van der Waals surface area contributed by atoms with Gasteiger partial charge in [-0.25, -0.2) is 9.78 Å². The van der Waals surface area contributed by atoms with E-state index in [1.165, 1.54) is 12.5 Å². The summed E-state index contributed by atoms with van der Waals surface area (Å²) in [6.45, 7) is -0.898. The summed E-state index contributed by atoms with van der Waals surface area (Å²) < 4.78 is 0. The molecule has 0 saturated heterocycles. The molecule has 3 amide bonds. The summed E-state index contributed by atoms with van der Waals surface area (Å²) in [6, 6.07) is -5.68. The minimum atomic E-state index is -1.63. The van der Waals surface area contributed by atoms with E-state index in [0.29, 0.717) is 5.69 Å². The van der Waals surface area contributed by atoms with E-state index >= 15 is 0 Å². The van der Waals surface area contributed by atoms with Gasteiger partial charge in [-0.15, -0.1) is 0 Å². The molecule has 0 aliphatic rings. The van der Waals surface area contributed by atoms with Crippen LogP contribution in [0.3, 0.4) is 0 Å². The molecule has 4 atom stereocenters. The molecule has 0 saturated carbocycles. The van der Waals surface area contributed by atoms with E-state index in [9.17, 15) is 24.0 Å². The molecular weight excluding hydrogens is 436 g/mol. The van der Waals surface area contributed by atoms with Gasteiger partial charge in [0.05, 0.1) is 25.4 Å². The largest absolute Gasteiger partial charge is 0.481 e. The smallest absolute Gasteiger partial charge is 0.328 e. The van der Waals surface area contributed by atoms with E-state index in [2.05, 4.69) is 38.5 Å². The van der Waals surface area contributed by atoms with E-state index in [-0.39, 0.29) is 12.2 Å². The summed E-state index contributed by atoms with van der Waals surface area (Å²) in [5.41, 5.74) is 5.91. The lowest BCUT2D eigenvalue weighted by Crippen LogP contribution is -2.58. The maximum atomic E-state index is 12.6. The molecule has 14 nitrogen and oxygen atoms in total. The number of aliphatic hydroxyl groups is 1. The molecular formula is C16H24N6O8S. The number of rotatable bonds is 13. The lowest BCUT2D eigenvalue weighted by atomic mass is 10.1. The number of aliphatic carboxylic acids is 2. The van der Waals surface area contributed by atoms with Gasteiger partial charge in [0, 0.05) is 24.1 Å². The standard InChI is InChI=1S/C16H24N6O8S/c17-8(5-31)13(26)20-10(2-12(24)25)15(28)21-9(1-7-3-18-6-19-7)14(27)22-11(4-23)16(29)30/h3,6,8-11,23,31H,1-2,4-5,17H2,(H,18,19)(H,20,26)(H,21,28)(H,22,27)(H,24,25)(H,29,30). The SMILES string of the molecule is NC(CS)C(=O)NC(CC(=O)O)C(=O)NC(Cc1cnc[nH]1)C(=O)NC(CO)C(=O)O. The van der Waals surface area contributed by atoms with Crippen molar-refractivity contribution >= 4 is 42.3 Å². The number of hydrogen-bond donors (Lipinski definition) is 9. The van der Waals surface area contributed by atoms with Gasteiger partial charge in [-0.1, -0.05) is 0 Å². The number of H-pyrrole nitrogens is 1. The van der Waals surface area contributed by atoms with Crippen LogP contribution >= 0.6 is 12.6 Å². The molecule has 0 bridgehead atoms. The number of amides is 3. The number of carbonyl (C=O) groups excluding carboxylic acids is 3. The van der Waals surface area contributed by atoms with Crippen molar-refractivity contribution in [3.05, 3.63) is 18.2 Å². The number of imidazole rings is 1. The van der Waals surface area contributed by atoms with Crippen molar-refractivity contribution in [1.29, 1.82) is 0 Å². The Labute approximate surface area is 181 Å². The Balaban J connectivity index is 3.03. The molecule has 0 radical (unpaired) electrons. The zero-order valence-electron chi connectivity index (χ0n) is 16.1. The van der Waals surface area contributed by atoms with Gasteiger partial charge >= 0.3 is 11.9 Å². The summed E-state index contributed by atoms with van der Waals surface area (Å²) in [7, 11) is 0. The van der Waals surface area contributed by atoms with Crippen molar-refractivity contribution in [3.63, 3.8) is 0 Å². The van der Waals surface area contributed by atoms with Gasteiger partial charge in [-0.3, -0.25) is 19.2 Å². The van der Waals surface area contributed by atoms with Gasteiger partial charge in [0.25, 0.3) is 0 Å². The first-order valence-electron chi connectivity index (χ1n) is 8.89. The van der Waals surface area contributed by atoms with E-state index in [1.54, 1.807) is 0 Å². The average Bonchev–Trinajstić information content (AvgIpc) is 3.22. The van der Waals surface area contributed by atoms with Crippen LogP contribution in [-0.4, -0.2) is 91.5 Å². The Kier molecular flexibility index (Phi) is 10.4. The number of aromatic nitrogens is 2. The summed E-state index contributed by atoms with van der Waals surface area (Å²) in [6.07, 6.45) is 1.70. The molecule has 0 fully saturated rings. The molecule has 1 rings (SSSR count). The van der Waals surface area contributed by atoms with E-state index in [1.807, 2.05) is 0 Å². The molecule has 1 aromatic heterocycles. The van der Waals surface area contributed by atoms with Crippen LogP contribution in [0, 0.1) is 0 Å². The maximum Gasteiger partial charge on any atom is 0.328 e. The Morgan fingerprint density at radius 2 is 1.61 bits per heavy atom. The molecule has 1 aromatic rings. The van der Waals surface area contributed by atoms with Crippen LogP contribution in [0.25, 0.3) is 0 Å². The fourth-order valence-corrected chi connectivity index (χ4v) is 2.47. The van der Waals surface area contributed by atoms with Crippen molar-refractivity contribution < 1.29 is 39.3 Å². The molecule has 31 heavy (non-hydrogen) atoms. The third-order valence-corrected chi connectivity index (χ3v) is 4.35. The summed E-state index contributed by atoms with van der Waals surface area (Å²) in [5.74, 6) is -5.76. The number of hydrogen-bond acceptors (Lipinski definition) is 9. The topological polar surface area (TPSA) is 237 Å². The zero-order chi connectivity index (χ0) is 23.6. The van der Waals surface area contributed by atoms with Crippen LogP contribution in [0.2, 0.25) is 0 Å². The third kappa shape index (κ3) is 8.61. The summed E-state index contributed by atoms with van der Waals surface area (Å²) in [4.78, 5) is 65.8. The number of thiol groups is 1. The maximum absolute atomic E-state index is 12.6. The first-order chi connectivity index (χ1) is 14.6. The van der Waals surface area contributed by atoms with Crippen LogP contribution in [0.15, 0.2) is 12.5 Å². The van der Waals surface area contributed by atoms with E-state index in [4.69, 9.17) is 21.1 Å². The molecule has 0 spiro atoms. The molecule has 0 aliphatic heterocycles. The molecule has 15 heteroatoms. The molecule has 4 unspecified atom stereocenters. The van der Waals surface area contributed by atoms with Crippen molar-refractivity contribution in [2.24, 2.45) is 5.73 Å². The molecule has 0 aliphatic carbocycles. The van der Waals surface area contributed by atoms with Crippen molar-refractivity contribution in [2.75, 3.05) is 12.4 Å². The fourth-order valence-electron chi connectivity index (χ4n) is 2.30. The molecule has 0 aromatic carbocycles. The number of nitrogens with two attached hydrogens (primary N) is 1. The first-order valence-corrected chi connectivity index (χ1v) is 9.52. The van der Waals surface area contributed by atoms with Crippen LogP contribution in [0.5, 0.6) is 0 Å².